The highest BCUT2D eigenvalue weighted by molar-refractivity contribution is 5.71. The smallest absolute Gasteiger partial charge is 0.306 e. The van der Waals surface area contributed by atoms with E-state index in [1.807, 2.05) is 0 Å². The maximum Gasteiger partial charge on any atom is 0.306 e. The van der Waals surface area contributed by atoms with Gasteiger partial charge >= 0.3 is 17.9 Å². The highest BCUT2D eigenvalue weighted by atomic mass is 16.6. The number of hydrogen-bond donors (Lipinski definition) is 0. The Balaban J connectivity index is 4.33. The van der Waals surface area contributed by atoms with E-state index in [9.17, 15) is 14.4 Å². The minimum absolute atomic E-state index is 0.0770. The van der Waals surface area contributed by atoms with E-state index in [4.69, 9.17) is 14.2 Å². The number of carbonyl (C=O) groups is 3. The van der Waals surface area contributed by atoms with Gasteiger partial charge in [-0.2, -0.15) is 0 Å². The first-order valence-electron chi connectivity index (χ1n) is 29.6. The molecule has 0 amide bonds. The van der Waals surface area contributed by atoms with E-state index in [1.165, 1.54) is 180 Å². The van der Waals surface area contributed by atoms with E-state index in [-0.39, 0.29) is 31.1 Å². The van der Waals surface area contributed by atoms with Gasteiger partial charge in [-0.15, -0.1) is 0 Å². The summed E-state index contributed by atoms with van der Waals surface area (Å²) in [6, 6.07) is 0. The van der Waals surface area contributed by atoms with Crippen molar-refractivity contribution in [2.45, 2.75) is 316 Å². The topological polar surface area (TPSA) is 78.9 Å². The molecule has 0 rings (SSSR count). The molecule has 0 radical (unpaired) electrons. The molecule has 396 valence electrons. The molecule has 0 saturated heterocycles. The summed E-state index contributed by atoms with van der Waals surface area (Å²) < 4.78 is 16.9. The van der Waals surface area contributed by atoms with Crippen molar-refractivity contribution in [2.24, 2.45) is 0 Å². The summed E-state index contributed by atoms with van der Waals surface area (Å²) in [5.41, 5.74) is 0. The summed E-state index contributed by atoms with van der Waals surface area (Å²) in [5, 5.41) is 0. The number of ether oxygens (including phenoxy) is 3. The third kappa shape index (κ3) is 54.3. The molecule has 0 aliphatic heterocycles. The minimum Gasteiger partial charge on any atom is -0.462 e. The fourth-order valence-corrected chi connectivity index (χ4v) is 8.57. The molecule has 6 heteroatoms. The van der Waals surface area contributed by atoms with Gasteiger partial charge in [0.2, 0.25) is 0 Å². The zero-order valence-electron chi connectivity index (χ0n) is 45.4. The van der Waals surface area contributed by atoms with Crippen LogP contribution in [0.5, 0.6) is 0 Å². The number of unbranched alkanes of at least 4 members (excludes halogenated alkanes) is 35. The number of allylic oxidation sites excluding steroid dienone is 8. The van der Waals surface area contributed by atoms with Crippen LogP contribution in [0.3, 0.4) is 0 Å². The molecule has 0 heterocycles. The van der Waals surface area contributed by atoms with Gasteiger partial charge in [0.15, 0.2) is 6.10 Å². The summed E-state index contributed by atoms with van der Waals surface area (Å²) >= 11 is 0. The van der Waals surface area contributed by atoms with Crippen LogP contribution in [0.15, 0.2) is 48.6 Å². The van der Waals surface area contributed by atoms with Crippen LogP contribution in [-0.2, 0) is 28.6 Å². The van der Waals surface area contributed by atoms with Crippen LogP contribution >= 0.6 is 0 Å². The fraction of sp³-hybridized carbons (Fsp3) is 0.823. The standard InChI is InChI=1S/C62H112O6/c1-4-7-10-13-16-19-22-25-27-29-31-33-34-37-40-43-46-49-52-55-61(64)67-58-59(57-66-60(63)54-51-48-45-42-39-36-24-21-18-15-12-9-6-3)68-62(65)56-53-50-47-44-41-38-35-32-30-28-26-23-20-17-14-11-8-5-2/h12,15-16,19,21,24-25,27,59H,4-11,13-14,17-18,20,22-23,26,28-58H2,1-3H3/b15-12-,19-16-,24-21-,27-25-. The monoisotopic (exact) mass is 953 g/mol. The van der Waals surface area contributed by atoms with Gasteiger partial charge in [-0.05, 0) is 77.0 Å². The molecule has 0 aliphatic rings. The van der Waals surface area contributed by atoms with Gasteiger partial charge in [-0.3, -0.25) is 14.4 Å². The van der Waals surface area contributed by atoms with Gasteiger partial charge in [0, 0.05) is 19.3 Å². The molecule has 68 heavy (non-hydrogen) atoms. The van der Waals surface area contributed by atoms with Crippen LogP contribution in [-0.4, -0.2) is 37.2 Å². The molecular weight excluding hydrogens is 841 g/mol. The first-order valence-corrected chi connectivity index (χ1v) is 29.6. The Bertz CT molecular complexity index is 1190. The average Bonchev–Trinajstić information content (AvgIpc) is 3.34. The van der Waals surface area contributed by atoms with E-state index in [1.54, 1.807) is 0 Å². The first kappa shape index (κ1) is 65.4. The summed E-state index contributed by atoms with van der Waals surface area (Å²) in [7, 11) is 0. The summed E-state index contributed by atoms with van der Waals surface area (Å²) in [4.78, 5) is 38.2. The summed E-state index contributed by atoms with van der Waals surface area (Å²) in [6.45, 7) is 6.58. The lowest BCUT2D eigenvalue weighted by atomic mass is 10.0. The predicted octanol–water partition coefficient (Wildman–Crippen LogP) is 19.8. The van der Waals surface area contributed by atoms with Crippen molar-refractivity contribution in [3.8, 4) is 0 Å². The summed E-state index contributed by atoms with van der Waals surface area (Å²) in [6.07, 6.45) is 69.6. The lowest BCUT2D eigenvalue weighted by molar-refractivity contribution is -0.167. The maximum absolute atomic E-state index is 12.9. The third-order valence-corrected chi connectivity index (χ3v) is 13.0. The molecular formula is C62H112O6. The predicted molar refractivity (Wildman–Crippen MR) is 293 cm³/mol. The van der Waals surface area contributed by atoms with Crippen molar-refractivity contribution in [2.75, 3.05) is 13.2 Å². The van der Waals surface area contributed by atoms with Gasteiger partial charge < -0.3 is 14.2 Å². The molecule has 0 aromatic heterocycles. The number of esters is 3. The van der Waals surface area contributed by atoms with Crippen molar-refractivity contribution in [3.05, 3.63) is 48.6 Å². The third-order valence-electron chi connectivity index (χ3n) is 13.0. The molecule has 0 aromatic rings. The van der Waals surface area contributed by atoms with Gasteiger partial charge in [0.05, 0.1) is 0 Å². The van der Waals surface area contributed by atoms with Crippen LogP contribution < -0.4 is 0 Å². The molecule has 0 spiro atoms. The summed E-state index contributed by atoms with van der Waals surface area (Å²) in [5.74, 6) is -0.879. The maximum atomic E-state index is 12.9. The second-order valence-corrected chi connectivity index (χ2v) is 19.9. The van der Waals surface area contributed by atoms with Crippen LogP contribution in [0.4, 0.5) is 0 Å². The highest BCUT2D eigenvalue weighted by Gasteiger charge is 2.19. The molecule has 1 unspecified atom stereocenters. The fourth-order valence-electron chi connectivity index (χ4n) is 8.57. The Morgan fingerprint density at radius 2 is 0.559 bits per heavy atom. The van der Waals surface area contributed by atoms with Gasteiger partial charge in [-0.1, -0.05) is 262 Å². The Morgan fingerprint density at radius 3 is 0.897 bits per heavy atom. The molecule has 0 aromatic carbocycles. The van der Waals surface area contributed by atoms with Crippen molar-refractivity contribution in [3.63, 3.8) is 0 Å². The largest absolute Gasteiger partial charge is 0.462 e. The Morgan fingerprint density at radius 1 is 0.294 bits per heavy atom. The molecule has 0 aliphatic carbocycles. The molecule has 0 saturated carbocycles. The van der Waals surface area contributed by atoms with E-state index >= 15 is 0 Å². The molecule has 0 fully saturated rings. The van der Waals surface area contributed by atoms with Crippen LogP contribution in [0.2, 0.25) is 0 Å². The van der Waals surface area contributed by atoms with Gasteiger partial charge in [0.25, 0.3) is 0 Å². The lowest BCUT2D eigenvalue weighted by Crippen LogP contribution is -2.30. The Labute approximate surface area is 422 Å². The number of hydrogen-bond acceptors (Lipinski definition) is 6. The van der Waals surface area contributed by atoms with Crippen molar-refractivity contribution < 1.29 is 28.6 Å². The number of carbonyl (C=O) groups excluding carboxylic acids is 3. The van der Waals surface area contributed by atoms with E-state index < -0.39 is 6.10 Å². The molecule has 1 atom stereocenters. The van der Waals surface area contributed by atoms with E-state index in [0.717, 1.165) is 89.9 Å². The van der Waals surface area contributed by atoms with Crippen LogP contribution in [0.25, 0.3) is 0 Å². The van der Waals surface area contributed by atoms with Gasteiger partial charge in [0.1, 0.15) is 13.2 Å². The number of rotatable bonds is 54. The molecule has 0 N–H and O–H groups in total. The molecule has 6 nitrogen and oxygen atoms in total. The second kappa shape index (κ2) is 57.0. The van der Waals surface area contributed by atoms with Gasteiger partial charge in [-0.25, -0.2) is 0 Å². The zero-order chi connectivity index (χ0) is 49.3. The highest BCUT2D eigenvalue weighted by Crippen LogP contribution is 2.17. The second-order valence-electron chi connectivity index (χ2n) is 19.9. The van der Waals surface area contributed by atoms with E-state index in [2.05, 4.69) is 69.4 Å². The Kier molecular flexibility index (Phi) is 54.8. The average molecular weight is 954 g/mol. The normalized spacial score (nSPS) is 12.3. The first-order chi connectivity index (χ1) is 33.5. The minimum atomic E-state index is -0.778. The van der Waals surface area contributed by atoms with Crippen molar-refractivity contribution in [1.29, 1.82) is 0 Å². The van der Waals surface area contributed by atoms with Crippen LogP contribution in [0, 0.1) is 0 Å². The van der Waals surface area contributed by atoms with E-state index in [0.29, 0.717) is 19.3 Å². The lowest BCUT2D eigenvalue weighted by Gasteiger charge is -2.18. The zero-order valence-corrected chi connectivity index (χ0v) is 45.4. The van der Waals surface area contributed by atoms with Crippen molar-refractivity contribution in [1.82, 2.24) is 0 Å². The van der Waals surface area contributed by atoms with Crippen LogP contribution in [0.1, 0.15) is 310 Å². The van der Waals surface area contributed by atoms with Crippen molar-refractivity contribution >= 4 is 17.9 Å². The Hall–Kier alpha value is -2.63. The quantitative estimate of drug-likeness (QED) is 0.0262. The molecule has 0 bridgehead atoms. The SMILES string of the molecule is CCC/C=C\C/C=C\CCCCCCCC(=O)OCC(COC(=O)CCCCCCCCCCC/C=C\C/C=C\CCCCC)OC(=O)CCCCCCCCCCCCCCCCCCCC.